The Labute approximate surface area is 139 Å². The molecule has 0 aliphatic rings. The van der Waals surface area contributed by atoms with Crippen LogP contribution in [0.5, 0.6) is 0 Å². The van der Waals surface area contributed by atoms with Gasteiger partial charge in [-0.25, -0.2) is 4.39 Å². The minimum Gasteiger partial charge on any atom is -0.380 e. The summed E-state index contributed by atoms with van der Waals surface area (Å²) >= 11 is 8.23. The second kappa shape index (κ2) is 5.65. The van der Waals surface area contributed by atoms with E-state index in [9.17, 15) is 4.39 Å². The Balaban J connectivity index is 2.21. The molecule has 0 amide bonds. The molecule has 0 spiro atoms. The van der Waals surface area contributed by atoms with E-state index in [4.69, 9.17) is 21.9 Å². The Morgan fingerprint density at radius 3 is 2.57 bits per heavy atom. The number of anilines is 1. The molecule has 0 bridgehead atoms. The molecular weight excluding hydrogens is 406 g/mol. The Kier molecular flexibility index (Phi) is 3.86. The summed E-state index contributed by atoms with van der Waals surface area (Å²) in [7, 11) is 0. The molecule has 0 saturated heterocycles. The van der Waals surface area contributed by atoms with Gasteiger partial charge in [0.05, 0.1) is 5.56 Å². The van der Waals surface area contributed by atoms with Crippen LogP contribution >= 0.6 is 34.2 Å². The molecule has 1 aromatic heterocycles. The number of halogens is 3. The van der Waals surface area contributed by atoms with Gasteiger partial charge in [-0.15, -0.1) is 0 Å². The van der Waals surface area contributed by atoms with E-state index < -0.39 is 0 Å². The van der Waals surface area contributed by atoms with Gasteiger partial charge < -0.3 is 10.3 Å². The fraction of sp³-hybridized carbons (Fsp3) is 0. The van der Waals surface area contributed by atoms with Crippen LogP contribution in [0, 0.1) is 9.39 Å². The minimum atomic E-state index is -0.312. The van der Waals surface area contributed by atoms with Crippen LogP contribution in [0.15, 0.2) is 47.0 Å². The highest BCUT2D eigenvalue weighted by atomic mass is 127. The highest BCUT2D eigenvalue weighted by Crippen LogP contribution is 2.39. The summed E-state index contributed by atoms with van der Waals surface area (Å²) in [5.74, 6) is 0.464. The SMILES string of the molecule is Nc1noc(-c2cc(Cl)ccc2I)c1-c1ccc(F)cc1. The summed E-state index contributed by atoms with van der Waals surface area (Å²) in [5, 5.41) is 4.41. The molecule has 2 aromatic carbocycles. The van der Waals surface area contributed by atoms with Crippen molar-refractivity contribution in [3.8, 4) is 22.5 Å². The van der Waals surface area contributed by atoms with Crippen molar-refractivity contribution in [1.82, 2.24) is 5.16 Å². The summed E-state index contributed by atoms with van der Waals surface area (Å²) in [4.78, 5) is 0. The maximum Gasteiger partial charge on any atom is 0.178 e. The van der Waals surface area contributed by atoms with Crippen LogP contribution in [0.4, 0.5) is 10.2 Å². The van der Waals surface area contributed by atoms with Gasteiger partial charge in [0.2, 0.25) is 0 Å². The smallest absolute Gasteiger partial charge is 0.178 e. The van der Waals surface area contributed by atoms with Gasteiger partial charge in [0.15, 0.2) is 11.6 Å². The van der Waals surface area contributed by atoms with Gasteiger partial charge in [-0.05, 0) is 58.5 Å². The van der Waals surface area contributed by atoms with Crippen LogP contribution in [0.3, 0.4) is 0 Å². The number of nitrogen functional groups attached to an aromatic ring is 1. The Morgan fingerprint density at radius 2 is 1.86 bits per heavy atom. The maximum atomic E-state index is 13.1. The van der Waals surface area contributed by atoms with Gasteiger partial charge in [-0.2, -0.15) is 0 Å². The largest absolute Gasteiger partial charge is 0.380 e. The van der Waals surface area contributed by atoms with Crippen LogP contribution in [-0.4, -0.2) is 5.16 Å². The van der Waals surface area contributed by atoms with E-state index in [2.05, 4.69) is 27.7 Å². The monoisotopic (exact) mass is 414 g/mol. The van der Waals surface area contributed by atoms with E-state index in [0.717, 1.165) is 14.7 Å². The van der Waals surface area contributed by atoms with Gasteiger partial charge in [0, 0.05) is 14.2 Å². The third-order valence-electron chi connectivity index (χ3n) is 3.02. The summed E-state index contributed by atoms with van der Waals surface area (Å²) in [5.41, 5.74) is 8.07. The quantitative estimate of drug-likeness (QED) is 0.601. The summed E-state index contributed by atoms with van der Waals surface area (Å²) in [6, 6.07) is 11.5. The average molecular weight is 415 g/mol. The van der Waals surface area contributed by atoms with E-state index >= 15 is 0 Å². The number of aromatic nitrogens is 1. The van der Waals surface area contributed by atoms with E-state index in [0.29, 0.717) is 16.3 Å². The summed E-state index contributed by atoms with van der Waals surface area (Å²) in [6.45, 7) is 0. The molecule has 3 rings (SSSR count). The number of hydrogen-bond donors (Lipinski definition) is 1. The second-order valence-electron chi connectivity index (χ2n) is 4.40. The molecular formula is C15H9ClFIN2O. The van der Waals surface area contributed by atoms with E-state index in [1.165, 1.54) is 12.1 Å². The molecule has 6 heteroatoms. The molecule has 0 fully saturated rings. The third-order valence-corrected chi connectivity index (χ3v) is 4.20. The van der Waals surface area contributed by atoms with Crippen LogP contribution in [0.25, 0.3) is 22.5 Å². The average Bonchev–Trinajstić information content (AvgIpc) is 2.84. The molecule has 0 aliphatic carbocycles. The van der Waals surface area contributed by atoms with E-state index in [-0.39, 0.29) is 11.6 Å². The zero-order valence-corrected chi connectivity index (χ0v) is 13.5. The lowest BCUT2D eigenvalue weighted by Crippen LogP contribution is -1.90. The predicted molar refractivity (Wildman–Crippen MR) is 89.5 cm³/mol. The first-order valence-corrected chi connectivity index (χ1v) is 7.48. The van der Waals surface area contributed by atoms with Crippen molar-refractivity contribution in [2.75, 3.05) is 5.73 Å². The van der Waals surface area contributed by atoms with Crippen molar-refractivity contribution < 1.29 is 8.91 Å². The van der Waals surface area contributed by atoms with Crippen molar-refractivity contribution in [3.63, 3.8) is 0 Å². The molecule has 21 heavy (non-hydrogen) atoms. The lowest BCUT2D eigenvalue weighted by atomic mass is 10.0. The molecule has 0 atom stereocenters. The fourth-order valence-corrected chi connectivity index (χ4v) is 2.81. The normalized spacial score (nSPS) is 10.8. The molecule has 0 unspecified atom stereocenters. The first-order valence-electron chi connectivity index (χ1n) is 6.03. The number of hydrogen-bond acceptors (Lipinski definition) is 3. The predicted octanol–water partition coefficient (Wildman–Crippen LogP) is 4.99. The minimum absolute atomic E-state index is 0.257. The molecule has 1 heterocycles. The van der Waals surface area contributed by atoms with Crippen molar-refractivity contribution in [3.05, 3.63) is 56.9 Å². The Bertz CT molecular complexity index is 802. The standard InChI is InChI=1S/C15H9ClFIN2O/c16-9-3-6-12(18)11(7-9)14-13(15(19)20-21-14)8-1-4-10(17)5-2-8/h1-7H,(H2,19,20). The highest BCUT2D eigenvalue weighted by molar-refractivity contribution is 14.1. The number of nitrogens with zero attached hydrogens (tertiary/aromatic N) is 1. The summed E-state index contributed by atoms with van der Waals surface area (Å²) in [6.07, 6.45) is 0. The maximum absolute atomic E-state index is 13.1. The highest BCUT2D eigenvalue weighted by Gasteiger charge is 2.19. The number of rotatable bonds is 2. The Hall–Kier alpha value is -1.60. The molecule has 0 radical (unpaired) electrons. The first-order chi connectivity index (χ1) is 10.1. The number of nitrogens with two attached hydrogens (primary N) is 1. The lowest BCUT2D eigenvalue weighted by Gasteiger charge is -2.05. The topological polar surface area (TPSA) is 52.0 Å². The zero-order chi connectivity index (χ0) is 15.0. The fourth-order valence-electron chi connectivity index (χ4n) is 2.05. The van der Waals surface area contributed by atoms with Crippen LogP contribution < -0.4 is 5.73 Å². The van der Waals surface area contributed by atoms with Crippen molar-refractivity contribution in [1.29, 1.82) is 0 Å². The Morgan fingerprint density at radius 1 is 1.14 bits per heavy atom. The molecule has 0 saturated carbocycles. The molecule has 106 valence electrons. The zero-order valence-electron chi connectivity index (χ0n) is 10.6. The van der Waals surface area contributed by atoms with Crippen LogP contribution in [-0.2, 0) is 0 Å². The molecule has 2 N–H and O–H groups in total. The molecule has 3 aromatic rings. The number of benzene rings is 2. The van der Waals surface area contributed by atoms with Crippen molar-refractivity contribution in [2.45, 2.75) is 0 Å². The van der Waals surface area contributed by atoms with E-state index in [1.54, 1.807) is 24.3 Å². The van der Waals surface area contributed by atoms with Gasteiger partial charge >= 0.3 is 0 Å². The first kappa shape index (κ1) is 14.3. The lowest BCUT2D eigenvalue weighted by molar-refractivity contribution is 0.436. The third kappa shape index (κ3) is 2.75. The van der Waals surface area contributed by atoms with Crippen LogP contribution in [0.2, 0.25) is 5.02 Å². The summed E-state index contributed by atoms with van der Waals surface area (Å²) < 4.78 is 19.4. The van der Waals surface area contributed by atoms with Gasteiger partial charge in [-0.3, -0.25) is 0 Å². The van der Waals surface area contributed by atoms with E-state index in [1.807, 2.05) is 6.07 Å². The van der Waals surface area contributed by atoms with Crippen molar-refractivity contribution >= 4 is 40.0 Å². The van der Waals surface area contributed by atoms with Crippen LogP contribution in [0.1, 0.15) is 0 Å². The molecule has 0 aliphatic heterocycles. The van der Waals surface area contributed by atoms with Gasteiger partial charge in [0.25, 0.3) is 0 Å². The van der Waals surface area contributed by atoms with Gasteiger partial charge in [0.1, 0.15) is 5.82 Å². The second-order valence-corrected chi connectivity index (χ2v) is 6.00. The van der Waals surface area contributed by atoms with Gasteiger partial charge in [-0.1, -0.05) is 28.9 Å². The van der Waals surface area contributed by atoms with Crippen molar-refractivity contribution in [2.24, 2.45) is 0 Å². The molecule has 3 nitrogen and oxygen atoms in total.